The number of carboxylic acids is 2. The van der Waals surface area contributed by atoms with Crippen molar-refractivity contribution in [2.24, 2.45) is 10.3 Å². The van der Waals surface area contributed by atoms with Gasteiger partial charge in [0.1, 0.15) is 11.5 Å². The van der Waals surface area contributed by atoms with E-state index in [1.165, 1.54) is 19.2 Å². The monoisotopic (exact) mass is 870 g/mol. The molecule has 5 aromatic carbocycles. The van der Waals surface area contributed by atoms with Gasteiger partial charge in [0.15, 0.2) is 23.0 Å². The number of Topliss-reactive ketones (excluding diaryl/α,β-unsaturated/α-hetero) is 3. The van der Waals surface area contributed by atoms with Crippen LogP contribution in [0.15, 0.2) is 138 Å². The Kier molecular flexibility index (Phi) is 16.4. The Hall–Kier alpha value is -7.89. The number of aromatic carboxylic acids is 2. The van der Waals surface area contributed by atoms with E-state index in [4.69, 9.17) is 9.31 Å². The Bertz CT molecular complexity index is 2410. The number of ether oxygens (including phenoxy) is 1. The molecule has 64 heavy (non-hydrogen) atoms. The van der Waals surface area contributed by atoms with Gasteiger partial charge in [-0.1, -0.05) is 126 Å². The first kappa shape index (κ1) is 47.2. The lowest BCUT2D eigenvalue weighted by Crippen LogP contribution is -2.36. The number of carboxylic acid groups (broad SMARTS) is 2. The zero-order valence-electron chi connectivity index (χ0n) is 34.0. The molecule has 17 nitrogen and oxygen atoms in total. The molecule has 0 aliphatic carbocycles. The van der Waals surface area contributed by atoms with Gasteiger partial charge in [-0.15, -0.1) is 0 Å². The Labute approximate surface area is 366 Å². The third-order valence-corrected chi connectivity index (χ3v) is 10.0. The molecule has 7 rings (SSSR count). The number of oxime groups is 2. The third-order valence-electron chi connectivity index (χ3n) is 10.0. The maximum absolute atomic E-state index is 12.5. The minimum Gasteiger partial charge on any atom is -0.535 e. The summed E-state index contributed by atoms with van der Waals surface area (Å²) in [6, 6.07) is 34.7. The molecule has 2 aliphatic heterocycles. The lowest BCUT2D eigenvalue weighted by Gasteiger charge is -2.28. The van der Waals surface area contributed by atoms with Gasteiger partial charge in [-0.25, -0.2) is 14.4 Å². The van der Waals surface area contributed by atoms with Gasteiger partial charge in [0.25, 0.3) is 5.78 Å². The van der Waals surface area contributed by atoms with Crippen LogP contribution in [0.5, 0.6) is 11.5 Å². The number of fused-ring (bicyclic) bond motifs is 2. The zero-order valence-corrected chi connectivity index (χ0v) is 34.0. The van der Waals surface area contributed by atoms with E-state index in [9.17, 15) is 59.4 Å². The first-order valence-electron chi connectivity index (χ1n) is 19.5. The van der Waals surface area contributed by atoms with Crippen LogP contribution in [0.25, 0.3) is 0 Å². The van der Waals surface area contributed by atoms with E-state index in [1.807, 2.05) is 0 Å². The molecule has 0 saturated heterocycles. The van der Waals surface area contributed by atoms with Crippen molar-refractivity contribution in [2.75, 3.05) is 7.11 Å². The summed E-state index contributed by atoms with van der Waals surface area (Å²) in [4.78, 5) is 69.4. The lowest BCUT2D eigenvalue weighted by atomic mass is 9.64. The fraction of sp³-hybridized carbons (Fsp3) is 0.156. The van der Waals surface area contributed by atoms with Crippen LogP contribution in [0.4, 0.5) is 0 Å². The number of benzene rings is 5. The minimum absolute atomic E-state index is 0.0341. The summed E-state index contributed by atoms with van der Waals surface area (Å²) < 4.78 is 15.0. The van der Waals surface area contributed by atoms with Crippen molar-refractivity contribution >= 4 is 60.9 Å². The van der Waals surface area contributed by atoms with Gasteiger partial charge >= 0.3 is 32.1 Å². The van der Waals surface area contributed by atoms with E-state index in [2.05, 4.69) is 15.0 Å². The van der Waals surface area contributed by atoms with Gasteiger partial charge in [0.2, 0.25) is 0 Å². The largest absolute Gasteiger partial charge is 0.535 e. The van der Waals surface area contributed by atoms with E-state index < -0.39 is 61.1 Å². The summed E-state index contributed by atoms with van der Waals surface area (Å²) in [6.45, 7) is 0. The molecular weight excluding hydrogens is 830 g/mol. The second-order valence-electron chi connectivity index (χ2n) is 14.2. The molecule has 326 valence electrons. The molecule has 0 fully saturated rings. The van der Waals surface area contributed by atoms with E-state index in [0.717, 1.165) is 0 Å². The van der Waals surface area contributed by atoms with Crippen molar-refractivity contribution in [1.29, 1.82) is 0 Å². The second kappa shape index (κ2) is 22.3. The summed E-state index contributed by atoms with van der Waals surface area (Å²) in [7, 11) is -1.48. The fourth-order valence-electron chi connectivity index (χ4n) is 6.86. The highest BCUT2D eigenvalue weighted by molar-refractivity contribution is 6.52. The van der Waals surface area contributed by atoms with Crippen molar-refractivity contribution in [2.45, 2.75) is 37.3 Å². The molecule has 0 spiro atoms. The van der Waals surface area contributed by atoms with E-state index in [1.54, 1.807) is 115 Å². The van der Waals surface area contributed by atoms with Gasteiger partial charge in [-0.2, -0.15) is 0 Å². The summed E-state index contributed by atoms with van der Waals surface area (Å²) in [5, 5.41) is 63.5. The van der Waals surface area contributed by atoms with Crippen LogP contribution < -0.4 is 9.31 Å². The lowest BCUT2D eigenvalue weighted by molar-refractivity contribution is -0.135. The van der Waals surface area contributed by atoms with Gasteiger partial charge in [-0.3, -0.25) is 14.4 Å². The number of methoxy groups -OCH3 is 1. The third kappa shape index (κ3) is 11.7. The maximum Gasteiger partial charge on any atom is 0.526 e. The van der Waals surface area contributed by atoms with Gasteiger partial charge in [-0.05, 0) is 36.1 Å². The predicted octanol–water partition coefficient (Wildman–Crippen LogP) is 5.06. The molecule has 0 radical (unpaired) electrons. The molecule has 0 amide bonds. The SMILES string of the molecule is COC(=O)C(=O)c1ccccc1.O=C(C[C@H]1Cc2cccc(C(=O)O)c2OB1O)/C(=N\O)c1ccccc1.O=C(C[C@H]1Cc2cccc(C(=O)O)c2OB1O)/C(=N\O)c1ccccc1. The van der Waals surface area contributed by atoms with Crippen molar-refractivity contribution in [3.8, 4) is 11.5 Å². The van der Waals surface area contributed by atoms with Crippen LogP contribution >= 0.6 is 0 Å². The smallest absolute Gasteiger partial charge is 0.526 e. The molecule has 2 aliphatic rings. The molecule has 6 N–H and O–H groups in total. The number of ketones is 3. The van der Waals surface area contributed by atoms with E-state index in [-0.39, 0.29) is 59.7 Å². The van der Waals surface area contributed by atoms with E-state index >= 15 is 0 Å². The standard InChI is InChI=1S/2C18H16BNO6.C9H8O3/c2*21-15(16(20-25)11-5-2-1-3-6-11)10-13-9-12-7-4-8-14(18(22)23)17(12)26-19(13)24;1-12-9(11)8(10)7-5-3-2-4-6-7/h2*1-8,13,24-25H,9-10H2,(H,22,23);2-6H,1H3/b2*20-16-;/t2*13-;/m11./s1. The molecule has 0 saturated carbocycles. The fourth-order valence-corrected chi connectivity index (χ4v) is 6.86. The van der Waals surface area contributed by atoms with Gasteiger partial charge in [0.05, 0.1) is 18.2 Å². The number of nitrogens with zero attached hydrogens (tertiary/aromatic N) is 2. The van der Waals surface area contributed by atoms with Crippen molar-refractivity contribution < 1.29 is 73.5 Å². The molecule has 0 bridgehead atoms. The minimum atomic E-state index is -1.33. The predicted molar refractivity (Wildman–Crippen MR) is 230 cm³/mol. The average molecular weight is 870 g/mol. The quantitative estimate of drug-likeness (QED) is 0.0182. The molecular formula is C45H40B2N2O15. The molecule has 2 heterocycles. The normalized spacial score (nSPS) is 15.2. The highest BCUT2D eigenvalue weighted by atomic mass is 16.5. The number of para-hydroxylation sites is 2. The summed E-state index contributed by atoms with van der Waals surface area (Å²) in [5.74, 6) is -5.55. The highest BCUT2D eigenvalue weighted by Gasteiger charge is 2.40. The van der Waals surface area contributed by atoms with Crippen LogP contribution in [0, 0.1) is 0 Å². The first-order valence-corrected chi connectivity index (χ1v) is 19.5. The van der Waals surface area contributed by atoms with Crippen LogP contribution in [0.2, 0.25) is 11.6 Å². The Morgan fingerprint density at radius 1 is 0.562 bits per heavy atom. The summed E-state index contributed by atoms with van der Waals surface area (Å²) in [6.07, 6.45) is 0.339. The van der Waals surface area contributed by atoms with Crippen LogP contribution in [-0.4, -0.2) is 98.7 Å². The molecule has 5 aromatic rings. The van der Waals surface area contributed by atoms with Crippen molar-refractivity contribution in [3.63, 3.8) is 0 Å². The van der Waals surface area contributed by atoms with Gasteiger partial charge < -0.3 is 44.7 Å². The average Bonchev–Trinajstić information content (AvgIpc) is 3.30. The van der Waals surface area contributed by atoms with Crippen molar-refractivity contribution in [1.82, 2.24) is 0 Å². The number of carbonyl (C=O) groups is 6. The number of rotatable bonds is 12. The molecule has 2 atom stereocenters. The van der Waals surface area contributed by atoms with Crippen LogP contribution in [0.1, 0.15) is 66.2 Å². The molecule has 0 unspecified atom stereocenters. The summed E-state index contributed by atoms with van der Waals surface area (Å²) in [5.41, 5.74) is 2.25. The molecule has 19 heteroatoms. The Morgan fingerprint density at radius 2 is 0.922 bits per heavy atom. The Balaban J connectivity index is 0.000000193. The Morgan fingerprint density at radius 3 is 1.25 bits per heavy atom. The highest BCUT2D eigenvalue weighted by Crippen LogP contribution is 2.38. The topological polar surface area (TPSA) is 276 Å². The molecule has 0 aromatic heterocycles. The first-order chi connectivity index (χ1) is 30.8. The maximum atomic E-state index is 12.5. The van der Waals surface area contributed by atoms with Gasteiger partial charge in [0, 0.05) is 41.2 Å². The van der Waals surface area contributed by atoms with Crippen LogP contribution in [-0.2, 0) is 32.0 Å². The van der Waals surface area contributed by atoms with E-state index in [0.29, 0.717) is 27.8 Å². The number of carbonyl (C=O) groups excluding carboxylic acids is 4. The van der Waals surface area contributed by atoms with Crippen molar-refractivity contribution in [3.05, 3.63) is 166 Å². The van der Waals surface area contributed by atoms with Crippen LogP contribution in [0.3, 0.4) is 0 Å². The second-order valence-corrected chi connectivity index (χ2v) is 14.2. The zero-order chi connectivity index (χ0) is 46.3. The summed E-state index contributed by atoms with van der Waals surface area (Å²) >= 11 is 0. The number of hydrogen-bond donors (Lipinski definition) is 6. The number of hydrogen-bond acceptors (Lipinski definition) is 15. The number of esters is 1.